The van der Waals surface area contributed by atoms with E-state index in [1.54, 1.807) is 24.3 Å². The normalized spacial score (nSPS) is 17.0. The van der Waals surface area contributed by atoms with Crippen molar-refractivity contribution in [3.05, 3.63) is 65.2 Å². The Morgan fingerprint density at radius 3 is 2.25 bits per heavy atom. The van der Waals surface area contributed by atoms with E-state index >= 15 is 0 Å². The second kappa shape index (κ2) is 7.66. The third kappa shape index (κ3) is 4.16. The van der Waals surface area contributed by atoms with Crippen LogP contribution in [0, 0.1) is 0 Å². The molecule has 1 aliphatic rings. The number of piperidine rings is 1. The van der Waals surface area contributed by atoms with Crippen molar-refractivity contribution in [1.82, 2.24) is 4.31 Å². The highest BCUT2D eigenvalue weighted by Gasteiger charge is 2.29. The van der Waals surface area contributed by atoms with E-state index in [0.717, 1.165) is 5.56 Å². The summed E-state index contributed by atoms with van der Waals surface area (Å²) in [6.07, 6.45) is 1.51. The van der Waals surface area contributed by atoms with E-state index in [1.807, 2.05) is 30.3 Å². The van der Waals surface area contributed by atoms with Crippen LogP contribution in [-0.4, -0.2) is 31.9 Å². The molecule has 0 spiro atoms. The summed E-state index contributed by atoms with van der Waals surface area (Å²) >= 11 is 5.83. The number of ether oxygens (including phenoxy) is 1. The Labute approximate surface area is 148 Å². The fourth-order valence-electron chi connectivity index (χ4n) is 2.78. The van der Waals surface area contributed by atoms with Gasteiger partial charge in [-0.2, -0.15) is 4.31 Å². The molecule has 0 aliphatic carbocycles. The molecular formula is C18H20ClNO3S. The predicted octanol–water partition coefficient (Wildman–Crippen LogP) is 3.71. The molecular weight excluding hydrogens is 346 g/mol. The lowest BCUT2D eigenvalue weighted by Gasteiger charge is -2.31. The van der Waals surface area contributed by atoms with Gasteiger partial charge in [-0.15, -0.1) is 0 Å². The van der Waals surface area contributed by atoms with Crippen molar-refractivity contribution < 1.29 is 13.2 Å². The number of rotatable bonds is 5. The molecule has 0 saturated carbocycles. The maximum atomic E-state index is 12.6. The van der Waals surface area contributed by atoms with Crippen molar-refractivity contribution >= 4 is 21.6 Å². The fourth-order valence-corrected chi connectivity index (χ4v) is 4.38. The highest BCUT2D eigenvalue weighted by Crippen LogP contribution is 2.23. The topological polar surface area (TPSA) is 46.6 Å². The summed E-state index contributed by atoms with van der Waals surface area (Å²) in [6.45, 7) is 1.52. The van der Waals surface area contributed by atoms with Crippen LogP contribution in [0.5, 0.6) is 0 Å². The Kier molecular flexibility index (Phi) is 5.56. The predicted molar refractivity (Wildman–Crippen MR) is 94.5 cm³/mol. The maximum absolute atomic E-state index is 12.6. The van der Waals surface area contributed by atoms with Gasteiger partial charge in [0.25, 0.3) is 0 Å². The van der Waals surface area contributed by atoms with Gasteiger partial charge in [0.05, 0.1) is 17.6 Å². The van der Waals surface area contributed by atoms with E-state index < -0.39 is 10.0 Å². The highest BCUT2D eigenvalue weighted by atomic mass is 35.5. The van der Waals surface area contributed by atoms with Gasteiger partial charge in [-0.05, 0) is 42.7 Å². The van der Waals surface area contributed by atoms with Crippen molar-refractivity contribution in [3.8, 4) is 0 Å². The Morgan fingerprint density at radius 1 is 1.00 bits per heavy atom. The van der Waals surface area contributed by atoms with Gasteiger partial charge in [-0.3, -0.25) is 0 Å². The van der Waals surface area contributed by atoms with E-state index in [9.17, 15) is 8.42 Å². The molecule has 1 heterocycles. The molecule has 0 aromatic heterocycles. The number of nitrogens with zero attached hydrogens (tertiary/aromatic N) is 1. The van der Waals surface area contributed by atoms with Crippen molar-refractivity contribution in [2.45, 2.75) is 30.4 Å². The summed E-state index contributed by atoms with van der Waals surface area (Å²) in [4.78, 5) is 0.288. The summed E-state index contributed by atoms with van der Waals surface area (Å²) < 4.78 is 32.7. The van der Waals surface area contributed by atoms with Crippen LogP contribution in [0.1, 0.15) is 18.4 Å². The van der Waals surface area contributed by atoms with Crippen molar-refractivity contribution in [2.24, 2.45) is 0 Å². The molecule has 0 amide bonds. The first kappa shape index (κ1) is 17.4. The third-order valence-corrected chi connectivity index (χ3v) is 6.35. The molecule has 1 fully saturated rings. The molecule has 0 unspecified atom stereocenters. The second-order valence-corrected chi connectivity index (χ2v) is 8.23. The monoisotopic (exact) mass is 365 g/mol. The van der Waals surface area contributed by atoms with Crippen molar-refractivity contribution in [2.75, 3.05) is 13.1 Å². The smallest absolute Gasteiger partial charge is 0.243 e. The first-order valence-electron chi connectivity index (χ1n) is 7.97. The first-order valence-corrected chi connectivity index (χ1v) is 9.79. The second-order valence-electron chi connectivity index (χ2n) is 5.85. The zero-order valence-corrected chi connectivity index (χ0v) is 14.8. The lowest BCUT2D eigenvalue weighted by molar-refractivity contribution is 0.0102. The molecule has 2 aromatic carbocycles. The number of hydrogen-bond acceptors (Lipinski definition) is 3. The van der Waals surface area contributed by atoms with E-state index in [-0.39, 0.29) is 11.0 Å². The standard InChI is InChI=1S/C18H20ClNO3S/c19-16-6-8-18(9-7-16)24(21,22)20-12-10-17(11-13-20)23-14-15-4-2-1-3-5-15/h1-9,17H,10-14H2. The Bertz CT molecular complexity index is 755. The lowest BCUT2D eigenvalue weighted by atomic mass is 10.1. The average molecular weight is 366 g/mol. The Hall–Kier alpha value is -1.40. The van der Waals surface area contributed by atoms with Crippen LogP contribution in [0.4, 0.5) is 0 Å². The summed E-state index contributed by atoms with van der Waals surface area (Å²) in [6, 6.07) is 16.3. The lowest BCUT2D eigenvalue weighted by Crippen LogP contribution is -2.40. The quantitative estimate of drug-likeness (QED) is 0.811. The van der Waals surface area contributed by atoms with Crippen LogP contribution in [-0.2, 0) is 21.4 Å². The largest absolute Gasteiger partial charge is 0.373 e. The fraction of sp³-hybridized carbons (Fsp3) is 0.333. The van der Waals surface area contributed by atoms with Crippen LogP contribution in [0.25, 0.3) is 0 Å². The average Bonchev–Trinajstić information content (AvgIpc) is 2.61. The van der Waals surface area contributed by atoms with Crippen LogP contribution in [0.15, 0.2) is 59.5 Å². The molecule has 128 valence electrons. The van der Waals surface area contributed by atoms with Gasteiger partial charge < -0.3 is 4.74 Å². The highest BCUT2D eigenvalue weighted by molar-refractivity contribution is 7.89. The van der Waals surface area contributed by atoms with Gasteiger partial charge in [-0.1, -0.05) is 41.9 Å². The minimum atomic E-state index is -3.45. The molecule has 4 nitrogen and oxygen atoms in total. The SMILES string of the molecule is O=S(=O)(c1ccc(Cl)cc1)N1CCC(OCc2ccccc2)CC1. The number of benzene rings is 2. The van der Waals surface area contributed by atoms with Crippen molar-refractivity contribution in [3.63, 3.8) is 0 Å². The summed E-state index contributed by atoms with van der Waals surface area (Å²) in [7, 11) is -3.45. The molecule has 1 saturated heterocycles. The molecule has 0 radical (unpaired) electrons. The van der Waals surface area contributed by atoms with Gasteiger partial charge in [0.15, 0.2) is 0 Å². The summed E-state index contributed by atoms with van der Waals surface area (Å²) in [5, 5.41) is 0.530. The van der Waals surface area contributed by atoms with Crippen LogP contribution in [0.2, 0.25) is 5.02 Å². The summed E-state index contributed by atoms with van der Waals surface area (Å²) in [5.41, 5.74) is 1.13. The molecule has 6 heteroatoms. The molecule has 24 heavy (non-hydrogen) atoms. The molecule has 0 N–H and O–H groups in total. The van der Waals surface area contributed by atoms with Gasteiger partial charge in [0, 0.05) is 18.1 Å². The van der Waals surface area contributed by atoms with Gasteiger partial charge in [-0.25, -0.2) is 8.42 Å². The molecule has 2 aromatic rings. The summed E-state index contributed by atoms with van der Waals surface area (Å²) in [5.74, 6) is 0. The minimum absolute atomic E-state index is 0.0990. The third-order valence-electron chi connectivity index (χ3n) is 4.18. The van der Waals surface area contributed by atoms with E-state index in [2.05, 4.69) is 0 Å². The van der Waals surface area contributed by atoms with Gasteiger partial charge in [0.1, 0.15) is 0 Å². The minimum Gasteiger partial charge on any atom is -0.373 e. The number of sulfonamides is 1. The van der Waals surface area contributed by atoms with E-state index in [1.165, 1.54) is 4.31 Å². The number of hydrogen-bond donors (Lipinski definition) is 0. The Morgan fingerprint density at radius 2 is 1.62 bits per heavy atom. The van der Waals surface area contributed by atoms with Crippen LogP contribution in [0.3, 0.4) is 0 Å². The zero-order chi connectivity index (χ0) is 17.0. The van der Waals surface area contributed by atoms with E-state index in [4.69, 9.17) is 16.3 Å². The molecule has 3 rings (SSSR count). The van der Waals surface area contributed by atoms with E-state index in [0.29, 0.717) is 37.6 Å². The number of halogens is 1. The molecule has 0 atom stereocenters. The zero-order valence-electron chi connectivity index (χ0n) is 13.3. The molecule has 1 aliphatic heterocycles. The maximum Gasteiger partial charge on any atom is 0.243 e. The van der Waals surface area contributed by atoms with Crippen LogP contribution < -0.4 is 0 Å². The Balaban J connectivity index is 1.55. The first-order chi connectivity index (χ1) is 11.6. The molecule has 0 bridgehead atoms. The van der Waals surface area contributed by atoms with Crippen molar-refractivity contribution in [1.29, 1.82) is 0 Å². The van der Waals surface area contributed by atoms with Gasteiger partial charge >= 0.3 is 0 Å². The van der Waals surface area contributed by atoms with Crippen LogP contribution >= 0.6 is 11.6 Å². The van der Waals surface area contributed by atoms with Gasteiger partial charge in [0.2, 0.25) is 10.0 Å².